The molecule has 2 heterocycles. The number of hydrogen-bond acceptors (Lipinski definition) is 2. The lowest BCUT2D eigenvalue weighted by molar-refractivity contribution is 0.00353. The van der Waals surface area contributed by atoms with Gasteiger partial charge < -0.3 is 0 Å². The van der Waals surface area contributed by atoms with E-state index in [1.54, 1.807) is 0 Å². The van der Waals surface area contributed by atoms with Crippen molar-refractivity contribution >= 4 is 17.3 Å². The molecule has 1 fully saturated rings. The lowest BCUT2D eigenvalue weighted by Crippen LogP contribution is -2.45. The van der Waals surface area contributed by atoms with E-state index in [0.717, 1.165) is 17.1 Å². The molecular weight excluding hydrogens is 210 g/mol. The molecule has 3 aliphatic rings. The van der Waals surface area contributed by atoms with Crippen LogP contribution in [-0.4, -0.2) is 12.1 Å². The fourth-order valence-corrected chi connectivity index (χ4v) is 2.25. The zero-order chi connectivity index (χ0) is 10.3. The van der Waals surface area contributed by atoms with Crippen LogP contribution in [0.15, 0.2) is 36.4 Å². The fraction of sp³-hybridized carbons (Fsp3) is 0.333. The second-order valence-electron chi connectivity index (χ2n) is 3.98. The standard InChI is InChI=1S/C12H12ClNO/c13-9-1-3-10(4-2-9)14-11-5-7-12(15-14)8-6-11/h1-5,7,11-12H,6,8H2. The molecule has 2 atom stereocenters. The van der Waals surface area contributed by atoms with Gasteiger partial charge in [-0.25, -0.2) is 5.06 Å². The Morgan fingerprint density at radius 1 is 1.13 bits per heavy atom. The molecule has 0 radical (unpaired) electrons. The largest absolute Gasteiger partial charge is 0.265 e. The predicted molar refractivity (Wildman–Crippen MR) is 61.0 cm³/mol. The first-order chi connectivity index (χ1) is 7.33. The van der Waals surface area contributed by atoms with E-state index in [1.165, 1.54) is 6.42 Å². The molecule has 0 amide bonds. The van der Waals surface area contributed by atoms with Gasteiger partial charge in [0.2, 0.25) is 0 Å². The van der Waals surface area contributed by atoms with Crippen molar-refractivity contribution in [2.75, 3.05) is 5.06 Å². The molecule has 1 aliphatic carbocycles. The third-order valence-corrected chi connectivity index (χ3v) is 3.18. The number of fused-ring (bicyclic) bond motifs is 2. The zero-order valence-electron chi connectivity index (χ0n) is 8.27. The van der Waals surface area contributed by atoms with Crippen molar-refractivity contribution in [3.05, 3.63) is 41.4 Å². The SMILES string of the molecule is Clc1ccc(N2OC3C=CC2CC3)cc1. The first-order valence-corrected chi connectivity index (χ1v) is 5.60. The van der Waals surface area contributed by atoms with E-state index >= 15 is 0 Å². The first kappa shape index (κ1) is 9.25. The molecule has 0 N–H and O–H groups in total. The summed E-state index contributed by atoms with van der Waals surface area (Å²) in [5.74, 6) is 0. The summed E-state index contributed by atoms with van der Waals surface area (Å²) in [6.07, 6.45) is 6.94. The molecule has 2 aliphatic heterocycles. The Hall–Kier alpha value is -0.990. The summed E-state index contributed by atoms with van der Waals surface area (Å²) in [7, 11) is 0. The summed E-state index contributed by atoms with van der Waals surface area (Å²) >= 11 is 5.86. The molecule has 15 heavy (non-hydrogen) atoms. The highest BCUT2D eigenvalue weighted by Gasteiger charge is 2.30. The highest BCUT2D eigenvalue weighted by Crippen LogP contribution is 2.32. The molecule has 4 rings (SSSR count). The average Bonchev–Trinajstić information content (AvgIpc) is 2.31. The maximum atomic E-state index is 5.86. The van der Waals surface area contributed by atoms with Gasteiger partial charge in [-0.3, -0.25) is 4.84 Å². The van der Waals surface area contributed by atoms with Crippen LogP contribution >= 0.6 is 11.6 Å². The van der Waals surface area contributed by atoms with Gasteiger partial charge in [0.25, 0.3) is 0 Å². The maximum absolute atomic E-state index is 5.86. The quantitative estimate of drug-likeness (QED) is 0.676. The molecule has 3 heteroatoms. The number of halogens is 1. The van der Waals surface area contributed by atoms with Crippen molar-refractivity contribution in [3.63, 3.8) is 0 Å². The summed E-state index contributed by atoms with van der Waals surface area (Å²) < 4.78 is 0. The lowest BCUT2D eigenvalue weighted by atomic mass is 9.98. The molecule has 2 nitrogen and oxygen atoms in total. The van der Waals surface area contributed by atoms with Gasteiger partial charge in [-0.05, 0) is 37.1 Å². The Bertz CT molecular complexity index is 387. The van der Waals surface area contributed by atoms with Crippen LogP contribution in [0.4, 0.5) is 5.69 Å². The molecule has 0 spiro atoms. The van der Waals surface area contributed by atoms with Gasteiger partial charge in [-0.2, -0.15) is 0 Å². The Balaban J connectivity index is 1.89. The minimum Gasteiger partial charge on any atom is -0.265 e. The van der Waals surface area contributed by atoms with Crippen LogP contribution < -0.4 is 5.06 Å². The minimum atomic E-state index is 0.255. The van der Waals surface area contributed by atoms with E-state index in [4.69, 9.17) is 16.4 Å². The van der Waals surface area contributed by atoms with Crippen molar-refractivity contribution < 1.29 is 4.84 Å². The minimum absolute atomic E-state index is 0.255. The molecule has 1 aromatic rings. The zero-order valence-corrected chi connectivity index (χ0v) is 9.02. The van der Waals surface area contributed by atoms with Gasteiger partial charge in [-0.1, -0.05) is 23.8 Å². The van der Waals surface area contributed by atoms with Crippen LogP contribution in [0.3, 0.4) is 0 Å². The predicted octanol–water partition coefficient (Wildman–Crippen LogP) is 3.18. The Labute approximate surface area is 94.1 Å². The fourth-order valence-electron chi connectivity index (χ4n) is 2.13. The van der Waals surface area contributed by atoms with Crippen molar-refractivity contribution in [3.8, 4) is 0 Å². The summed E-state index contributed by atoms with van der Waals surface area (Å²) in [6.45, 7) is 0. The number of rotatable bonds is 1. The first-order valence-electron chi connectivity index (χ1n) is 5.23. The maximum Gasteiger partial charge on any atom is 0.104 e. The smallest absolute Gasteiger partial charge is 0.104 e. The summed E-state index contributed by atoms with van der Waals surface area (Å²) in [6, 6.07) is 8.17. The summed E-state index contributed by atoms with van der Waals surface area (Å²) in [5.41, 5.74) is 1.08. The Morgan fingerprint density at radius 2 is 1.93 bits per heavy atom. The van der Waals surface area contributed by atoms with Crippen LogP contribution in [0.25, 0.3) is 0 Å². The third-order valence-electron chi connectivity index (χ3n) is 2.93. The highest BCUT2D eigenvalue weighted by molar-refractivity contribution is 6.30. The van der Waals surface area contributed by atoms with Gasteiger partial charge in [0.1, 0.15) is 6.10 Å². The number of nitrogens with zero attached hydrogens (tertiary/aromatic N) is 1. The van der Waals surface area contributed by atoms with E-state index in [9.17, 15) is 0 Å². The van der Waals surface area contributed by atoms with Crippen LogP contribution in [0.1, 0.15) is 12.8 Å². The normalized spacial score (nSPS) is 28.5. The average molecular weight is 222 g/mol. The Morgan fingerprint density at radius 3 is 2.47 bits per heavy atom. The van der Waals surface area contributed by atoms with Gasteiger partial charge in [0.05, 0.1) is 11.7 Å². The van der Waals surface area contributed by atoms with Crippen LogP contribution in [0.2, 0.25) is 5.02 Å². The number of benzene rings is 1. The molecule has 1 saturated heterocycles. The van der Waals surface area contributed by atoms with Crippen LogP contribution in [0.5, 0.6) is 0 Å². The number of hydroxylamine groups is 1. The van der Waals surface area contributed by atoms with Crippen molar-refractivity contribution in [2.45, 2.75) is 25.0 Å². The number of hydrogen-bond donors (Lipinski definition) is 0. The second-order valence-corrected chi connectivity index (χ2v) is 4.41. The molecule has 2 bridgehead atoms. The summed E-state index contributed by atoms with van der Waals surface area (Å²) in [4.78, 5) is 5.81. The third kappa shape index (κ3) is 1.64. The van der Waals surface area contributed by atoms with Crippen LogP contribution in [0, 0.1) is 0 Å². The molecule has 0 aromatic heterocycles. The van der Waals surface area contributed by atoms with E-state index in [-0.39, 0.29) is 6.10 Å². The van der Waals surface area contributed by atoms with Crippen LogP contribution in [-0.2, 0) is 4.84 Å². The second kappa shape index (κ2) is 3.54. The topological polar surface area (TPSA) is 12.5 Å². The van der Waals surface area contributed by atoms with Gasteiger partial charge in [-0.15, -0.1) is 0 Å². The van der Waals surface area contributed by atoms with Gasteiger partial charge in [0.15, 0.2) is 0 Å². The molecule has 78 valence electrons. The Kier molecular flexibility index (Phi) is 2.19. The van der Waals surface area contributed by atoms with E-state index in [0.29, 0.717) is 6.04 Å². The highest BCUT2D eigenvalue weighted by atomic mass is 35.5. The monoisotopic (exact) mass is 221 g/mol. The van der Waals surface area contributed by atoms with E-state index in [2.05, 4.69) is 12.2 Å². The molecule has 1 aromatic carbocycles. The van der Waals surface area contributed by atoms with Crippen molar-refractivity contribution in [1.29, 1.82) is 0 Å². The number of anilines is 1. The van der Waals surface area contributed by atoms with Crippen molar-refractivity contribution in [2.24, 2.45) is 0 Å². The van der Waals surface area contributed by atoms with Gasteiger partial charge in [0, 0.05) is 5.02 Å². The van der Waals surface area contributed by atoms with E-state index < -0.39 is 0 Å². The molecule has 0 saturated carbocycles. The van der Waals surface area contributed by atoms with Crippen molar-refractivity contribution in [1.82, 2.24) is 0 Å². The lowest BCUT2D eigenvalue weighted by Gasteiger charge is -2.41. The molecule has 2 unspecified atom stereocenters. The van der Waals surface area contributed by atoms with E-state index in [1.807, 2.05) is 29.3 Å². The van der Waals surface area contributed by atoms with Gasteiger partial charge >= 0.3 is 0 Å². The molecular formula is C12H12ClNO. The summed E-state index contributed by atoms with van der Waals surface area (Å²) in [5, 5.41) is 2.75.